The van der Waals surface area contributed by atoms with Gasteiger partial charge in [0.05, 0.1) is 18.2 Å². The third kappa shape index (κ3) is 4.86. The lowest BCUT2D eigenvalue weighted by Crippen LogP contribution is -2.26. The van der Waals surface area contributed by atoms with E-state index >= 15 is 0 Å². The first-order valence-electron chi connectivity index (χ1n) is 5.58. The van der Waals surface area contributed by atoms with Gasteiger partial charge in [-0.25, -0.2) is 0 Å². The molecule has 0 spiro atoms. The first-order chi connectivity index (χ1) is 8.67. The Bertz CT molecular complexity index is 426. The van der Waals surface area contributed by atoms with Gasteiger partial charge >= 0.3 is 0 Å². The molecule has 0 bridgehead atoms. The molecule has 1 unspecified atom stereocenters. The van der Waals surface area contributed by atoms with E-state index in [2.05, 4.69) is 21.2 Å². The van der Waals surface area contributed by atoms with Crippen LogP contribution < -0.4 is 5.32 Å². The molecular weight excluding hydrogens is 296 g/mol. The molecule has 0 radical (unpaired) electrons. The van der Waals surface area contributed by atoms with E-state index < -0.39 is 0 Å². The van der Waals surface area contributed by atoms with E-state index in [0.29, 0.717) is 24.3 Å². The SMILES string of the molecule is COCC(Br)CCNC(=O)c1ccc(C#N)cc1. The Morgan fingerprint density at radius 2 is 2.17 bits per heavy atom. The third-order valence-corrected chi connectivity index (χ3v) is 3.09. The second kappa shape index (κ2) is 7.85. The van der Waals surface area contributed by atoms with Crippen LogP contribution in [0.15, 0.2) is 24.3 Å². The smallest absolute Gasteiger partial charge is 0.251 e. The Morgan fingerprint density at radius 3 is 2.72 bits per heavy atom. The summed E-state index contributed by atoms with van der Waals surface area (Å²) in [6.07, 6.45) is 0.801. The van der Waals surface area contributed by atoms with E-state index in [4.69, 9.17) is 10.00 Å². The quantitative estimate of drug-likeness (QED) is 0.818. The van der Waals surface area contributed by atoms with Crippen LogP contribution in [0.25, 0.3) is 0 Å². The molecule has 1 amide bonds. The number of carbonyl (C=O) groups excluding carboxylic acids is 1. The summed E-state index contributed by atoms with van der Waals surface area (Å²) in [6.45, 7) is 1.20. The van der Waals surface area contributed by atoms with Crippen LogP contribution in [0, 0.1) is 11.3 Å². The highest BCUT2D eigenvalue weighted by atomic mass is 79.9. The van der Waals surface area contributed by atoms with Gasteiger partial charge in [0.2, 0.25) is 0 Å². The number of methoxy groups -OCH3 is 1. The number of alkyl halides is 1. The Hall–Kier alpha value is -1.38. The second-order valence-corrected chi connectivity index (χ2v) is 5.08. The van der Waals surface area contributed by atoms with Crippen molar-refractivity contribution in [3.63, 3.8) is 0 Å². The lowest BCUT2D eigenvalue weighted by atomic mass is 10.1. The Morgan fingerprint density at radius 1 is 1.50 bits per heavy atom. The van der Waals surface area contributed by atoms with Crippen molar-refractivity contribution >= 4 is 21.8 Å². The minimum absolute atomic E-state index is 0.128. The zero-order chi connectivity index (χ0) is 13.4. The molecule has 18 heavy (non-hydrogen) atoms. The van der Waals surface area contributed by atoms with Gasteiger partial charge in [-0.05, 0) is 30.7 Å². The van der Waals surface area contributed by atoms with E-state index in [1.807, 2.05) is 6.07 Å². The van der Waals surface area contributed by atoms with Gasteiger partial charge in [0.1, 0.15) is 0 Å². The van der Waals surface area contributed by atoms with Crippen LogP contribution in [0.5, 0.6) is 0 Å². The monoisotopic (exact) mass is 310 g/mol. The summed E-state index contributed by atoms with van der Waals surface area (Å²) in [6, 6.07) is 8.57. The van der Waals surface area contributed by atoms with Gasteiger partial charge in [0.15, 0.2) is 0 Å². The van der Waals surface area contributed by atoms with E-state index in [9.17, 15) is 4.79 Å². The van der Waals surface area contributed by atoms with Crippen LogP contribution >= 0.6 is 15.9 Å². The van der Waals surface area contributed by atoms with Gasteiger partial charge in [-0.2, -0.15) is 5.26 Å². The summed E-state index contributed by atoms with van der Waals surface area (Å²) in [4.78, 5) is 12.0. The molecule has 96 valence electrons. The highest BCUT2D eigenvalue weighted by Gasteiger charge is 2.07. The van der Waals surface area contributed by atoms with Gasteiger partial charge in [-0.1, -0.05) is 15.9 Å². The molecule has 1 aromatic carbocycles. The number of rotatable bonds is 6. The molecule has 5 heteroatoms. The topological polar surface area (TPSA) is 62.1 Å². The molecule has 0 aliphatic heterocycles. The fraction of sp³-hybridized carbons (Fsp3) is 0.385. The van der Waals surface area contributed by atoms with Gasteiger partial charge in [-0.15, -0.1) is 0 Å². The summed E-state index contributed by atoms with van der Waals surface area (Å²) in [5, 5.41) is 11.5. The summed E-state index contributed by atoms with van der Waals surface area (Å²) in [5.74, 6) is -0.128. The van der Waals surface area contributed by atoms with E-state index in [1.54, 1.807) is 31.4 Å². The van der Waals surface area contributed by atoms with Crippen LogP contribution in [0.1, 0.15) is 22.3 Å². The molecule has 1 N–H and O–H groups in total. The number of nitrogens with zero attached hydrogens (tertiary/aromatic N) is 1. The zero-order valence-corrected chi connectivity index (χ0v) is 11.7. The molecule has 0 fully saturated rings. The van der Waals surface area contributed by atoms with Crippen LogP contribution in [-0.2, 0) is 4.74 Å². The first kappa shape index (κ1) is 14.7. The third-order valence-electron chi connectivity index (χ3n) is 2.37. The van der Waals surface area contributed by atoms with Crippen molar-refractivity contribution in [3.05, 3.63) is 35.4 Å². The molecule has 0 aromatic heterocycles. The summed E-state index contributed by atoms with van der Waals surface area (Å²) >= 11 is 3.45. The number of benzene rings is 1. The number of halogens is 1. The minimum Gasteiger partial charge on any atom is -0.384 e. The summed E-state index contributed by atoms with van der Waals surface area (Å²) in [5.41, 5.74) is 1.11. The minimum atomic E-state index is -0.128. The maximum atomic E-state index is 11.7. The Labute approximate surface area is 115 Å². The number of carbonyl (C=O) groups is 1. The number of hydrogen-bond acceptors (Lipinski definition) is 3. The number of ether oxygens (including phenoxy) is 1. The van der Waals surface area contributed by atoms with Gasteiger partial charge < -0.3 is 10.1 Å². The molecule has 0 aliphatic carbocycles. The largest absolute Gasteiger partial charge is 0.384 e. The number of nitriles is 1. The average Bonchev–Trinajstić information content (AvgIpc) is 2.39. The van der Waals surface area contributed by atoms with Gasteiger partial charge in [0.25, 0.3) is 5.91 Å². The lowest BCUT2D eigenvalue weighted by molar-refractivity contribution is 0.0952. The Kier molecular flexibility index (Phi) is 6.40. The van der Waals surface area contributed by atoms with Crippen molar-refractivity contribution in [1.29, 1.82) is 5.26 Å². The van der Waals surface area contributed by atoms with E-state index in [0.717, 1.165) is 6.42 Å². The second-order valence-electron chi connectivity index (χ2n) is 3.79. The molecule has 0 saturated heterocycles. The Balaban J connectivity index is 2.38. The molecule has 0 aliphatic rings. The average molecular weight is 311 g/mol. The van der Waals surface area contributed by atoms with Gasteiger partial charge in [-0.3, -0.25) is 4.79 Å². The molecule has 1 aromatic rings. The van der Waals surface area contributed by atoms with Crippen LogP contribution in [0.4, 0.5) is 0 Å². The predicted octanol–water partition coefficient (Wildman–Crippen LogP) is 2.09. The number of hydrogen-bond donors (Lipinski definition) is 1. The summed E-state index contributed by atoms with van der Waals surface area (Å²) in [7, 11) is 1.64. The first-order valence-corrected chi connectivity index (χ1v) is 6.50. The van der Waals surface area contributed by atoms with Crippen molar-refractivity contribution in [2.45, 2.75) is 11.2 Å². The standard InChI is InChI=1S/C13H15BrN2O2/c1-18-9-12(14)6-7-16-13(17)11-4-2-10(8-15)3-5-11/h2-5,12H,6-7,9H2,1H3,(H,16,17). The van der Waals surface area contributed by atoms with Crippen LogP contribution in [0.2, 0.25) is 0 Å². The normalized spacial score (nSPS) is 11.6. The van der Waals surface area contributed by atoms with E-state index in [1.165, 1.54) is 0 Å². The van der Waals surface area contributed by atoms with Crippen LogP contribution in [0.3, 0.4) is 0 Å². The van der Waals surface area contributed by atoms with Crippen molar-refractivity contribution in [2.75, 3.05) is 20.3 Å². The maximum absolute atomic E-state index is 11.7. The van der Waals surface area contributed by atoms with Crippen molar-refractivity contribution < 1.29 is 9.53 Å². The molecule has 0 saturated carbocycles. The summed E-state index contributed by atoms with van der Waals surface area (Å²) < 4.78 is 4.98. The molecule has 4 nitrogen and oxygen atoms in total. The highest BCUT2D eigenvalue weighted by molar-refractivity contribution is 9.09. The van der Waals surface area contributed by atoms with Crippen LogP contribution in [-0.4, -0.2) is 31.0 Å². The number of nitrogens with one attached hydrogen (secondary N) is 1. The van der Waals surface area contributed by atoms with Crippen molar-refractivity contribution in [3.8, 4) is 6.07 Å². The maximum Gasteiger partial charge on any atom is 0.251 e. The van der Waals surface area contributed by atoms with Crippen molar-refractivity contribution in [2.24, 2.45) is 0 Å². The fourth-order valence-electron chi connectivity index (χ4n) is 1.40. The number of amides is 1. The molecular formula is C13H15BrN2O2. The van der Waals surface area contributed by atoms with E-state index in [-0.39, 0.29) is 10.7 Å². The lowest BCUT2D eigenvalue weighted by Gasteiger charge is -2.09. The predicted molar refractivity (Wildman–Crippen MR) is 72.7 cm³/mol. The molecule has 1 rings (SSSR count). The van der Waals surface area contributed by atoms with Crippen molar-refractivity contribution in [1.82, 2.24) is 5.32 Å². The molecule has 1 atom stereocenters. The fourth-order valence-corrected chi connectivity index (χ4v) is 1.90. The molecule has 0 heterocycles. The highest BCUT2D eigenvalue weighted by Crippen LogP contribution is 2.05. The zero-order valence-electron chi connectivity index (χ0n) is 10.1. The van der Waals surface area contributed by atoms with Gasteiger partial charge in [0, 0.05) is 24.0 Å².